The Morgan fingerprint density at radius 3 is 2.40 bits per heavy atom. The second kappa shape index (κ2) is 6.15. The highest BCUT2D eigenvalue weighted by molar-refractivity contribution is 5.94. The standard InChI is InChI=1S/C14H18F3NO2/c1-9(2)6-7-18(3)12-5-4-10(14(15,16)17)8-11(12)13(19)20/h4-5,8-9H,6-7H2,1-3H3,(H,19,20). The fraction of sp³-hybridized carbons (Fsp3) is 0.500. The van der Waals surface area contributed by atoms with Gasteiger partial charge in [0.15, 0.2) is 0 Å². The zero-order chi connectivity index (χ0) is 15.5. The number of hydrogen-bond donors (Lipinski definition) is 1. The first-order chi connectivity index (χ1) is 9.12. The van der Waals surface area contributed by atoms with Crippen molar-refractivity contribution < 1.29 is 23.1 Å². The van der Waals surface area contributed by atoms with Gasteiger partial charge in [-0.1, -0.05) is 13.8 Å². The van der Waals surface area contributed by atoms with Crippen molar-refractivity contribution >= 4 is 11.7 Å². The highest BCUT2D eigenvalue weighted by Crippen LogP contribution is 2.32. The normalized spacial score (nSPS) is 11.8. The molecule has 0 amide bonds. The molecule has 0 saturated heterocycles. The van der Waals surface area contributed by atoms with Gasteiger partial charge in [0.25, 0.3) is 0 Å². The zero-order valence-corrected chi connectivity index (χ0v) is 11.7. The molecular formula is C14H18F3NO2. The van der Waals surface area contributed by atoms with Gasteiger partial charge in [-0.15, -0.1) is 0 Å². The molecule has 0 fully saturated rings. The number of anilines is 1. The van der Waals surface area contributed by atoms with E-state index in [9.17, 15) is 18.0 Å². The Morgan fingerprint density at radius 1 is 1.35 bits per heavy atom. The second-order valence-corrected chi connectivity index (χ2v) is 5.14. The molecule has 0 heterocycles. The van der Waals surface area contributed by atoms with Crippen LogP contribution in [0.5, 0.6) is 0 Å². The topological polar surface area (TPSA) is 40.5 Å². The maximum absolute atomic E-state index is 12.6. The van der Waals surface area contributed by atoms with Gasteiger partial charge in [0.1, 0.15) is 0 Å². The van der Waals surface area contributed by atoms with Crippen molar-refractivity contribution in [3.05, 3.63) is 29.3 Å². The molecule has 0 aromatic heterocycles. The van der Waals surface area contributed by atoms with E-state index in [1.165, 1.54) is 6.07 Å². The van der Waals surface area contributed by atoms with Crippen LogP contribution in [0.2, 0.25) is 0 Å². The first-order valence-corrected chi connectivity index (χ1v) is 6.28. The van der Waals surface area contributed by atoms with Crippen LogP contribution in [0.3, 0.4) is 0 Å². The van der Waals surface area contributed by atoms with Gasteiger partial charge in [-0.25, -0.2) is 4.79 Å². The summed E-state index contributed by atoms with van der Waals surface area (Å²) in [6.07, 6.45) is -3.71. The quantitative estimate of drug-likeness (QED) is 0.894. The Labute approximate surface area is 116 Å². The minimum Gasteiger partial charge on any atom is -0.478 e. The van der Waals surface area contributed by atoms with Crippen LogP contribution >= 0.6 is 0 Å². The van der Waals surface area contributed by atoms with Crippen LogP contribution in [0.1, 0.15) is 36.2 Å². The Morgan fingerprint density at radius 2 is 1.95 bits per heavy atom. The maximum Gasteiger partial charge on any atom is 0.416 e. The molecule has 6 heteroatoms. The van der Waals surface area contributed by atoms with Gasteiger partial charge in [-0.3, -0.25) is 0 Å². The second-order valence-electron chi connectivity index (χ2n) is 5.14. The third-order valence-corrected chi connectivity index (χ3v) is 3.01. The van der Waals surface area contributed by atoms with Crippen LogP contribution in [0.4, 0.5) is 18.9 Å². The monoisotopic (exact) mass is 289 g/mol. The van der Waals surface area contributed by atoms with E-state index >= 15 is 0 Å². The predicted octanol–water partition coefficient (Wildman–Crippen LogP) is 3.89. The Balaban J connectivity index is 3.10. The lowest BCUT2D eigenvalue weighted by atomic mass is 10.1. The molecule has 0 spiro atoms. The number of halogens is 3. The van der Waals surface area contributed by atoms with Crippen LogP contribution in [0.25, 0.3) is 0 Å². The number of aromatic carboxylic acids is 1. The molecule has 1 N–H and O–H groups in total. The van der Waals surface area contributed by atoms with Crippen molar-refractivity contribution in [2.24, 2.45) is 5.92 Å². The minimum atomic E-state index is -4.54. The van der Waals surface area contributed by atoms with E-state index in [4.69, 9.17) is 5.11 Å². The number of carbonyl (C=O) groups is 1. The lowest BCUT2D eigenvalue weighted by Gasteiger charge is -2.23. The summed E-state index contributed by atoms with van der Waals surface area (Å²) < 4.78 is 37.8. The molecule has 0 atom stereocenters. The Hall–Kier alpha value is -1.72. The molecule has 1 aromatic rings. The van der Waals surface area contributed by atoms with Gasteiger partial charge in [-0.05, 0) is 30.5 Å². The molecule has 20 heavy (non-hydrogen) atoms. The van der Waals surface area contributed by atoms with E-state index < -0.39 is 17.7 Å². The molecule has 0 aliphatic heterocycles. The molecule has 0 unspecified atom stereocenters. The first kappa shape index (κ1) is 16.3. The molecule has 112 valence electrons. The zero-order valence-electron chi connectivity index (χ0n) is 11.7. The molecule has 1 aromatic carbocycles. The van der Waals surface area contributed by atoms with Crippen molar-refractivity contribution in [3.63, 3.8) is 0 Å². The SMILES string of the molecule is CC(C)CCN(C)c1ccc(C(F)(F)F)cc1C(=O)O. The summed E-state index contributed by atoms with van der Waals surface area (Å²) in [5.41, 5.74) is -0.979. The van der Waals surface area contributed by atoms with E-state index in [0.717, 1.165) is 12.5 Å². The summed E-state index contributed by atoms with van der Waals surface area (Å²) >= 11 is 0. The fourth-order valence-electron chi connectivity index (χ4n) is 1.79. The first-order valence-electron chi connectivity index (χ1n) is 6.28. The van der Waals surface area contributed by atoms with Gasteiger partial charge >= 0.3 is 12.1 Å². The van der Waals surface area contributed by atoms with E-state index in [1.807, 2.05) is 13.8 Å². The molecule has 0 aliphatic carbocycles. The summed E-state index contributed by atoms with van der Waals surface area (Å²) in [5.74, 6) is -0.928. The maximum atomic E-state index is 12.6. The summed E-state index contributed by atoms with van der Waals surface area (Å²) in [6.45, 7) is 4.64. The average molecular weight is 289 g/mol. The summed E-state index contributed by atoms with van der Waals surface area (Å²) in [5, 5.41) is 9.09. The number of nitrogens with zero attached hydrogens (tertiary/aromatic N) is 1. The van der Waals surface area contributed by atoms with Crippen LogP contribution in [-0.4, -0.2) is 24.7 Å². The number of alkyl halides is 3. The third-order valence-electron chi connectivity index (χ3n) is 3.01. The molecule has 3 nitrogen and oxygen atoms in total. The van der Waals surface area contributed by atoms with E-state index in [2.05, 4.69) is 0 Å². The van der Waals surface area contributed by atoms with Gasteiger partial charge < -0.3 is 10.0 Å². The number of rotatable bonds is 5. The molecule has 0 radical (unpaired) electrons. The van der Waals surface area contributed by atoms with E-state index in [1.54, 1.807) is 11.9 Å². The summed E-state index contributed by atoms with van der Waals surface area (Å²) in [4.78, 5) is 12.8. The predicted molar refractivity (Wildman–Crippen MR) is 71.1 cm³/mol. The summed E-state index contributed by atoms with van der Waals surface area (Å²) in [6, 6.07) is 2.81. The van der Waals surface area contributed by atoms with Gasteiger partial charge in [0.2, 0.25) is 0 Å². The van der Waals surface area contributed by atoms with E-state index in [-0.39, 0.29) is 5.56 Å². The largest absolute Gasteiger partial charge is 0.478 e. The average Bonchev–Trinajstić information content (AvgIpc) is 2.33. The molecule has 1 rings (SSSR count). The van der Waals surface area contributed by atoms with Gasteiger partial charge in [0, 0.05) is 13.6 Å². The number of hydrogen-bond acceptors (Lipinski definition) is 2. The third kappa shape index (κ3) is 4.15. The van der Waals surface area contributed by atoms with Crippen molar-refractivity contribution in [1.82, 2.24) is 0 Å². The molecule has 0 bridgehead atoms. The van der Waals surface area contributed by atoms with Crippen LogP contribution in [0.15, 0.2) is 18.2 Å². The van der Waals surface area contributed by atoms with Crippen LogP contribution in [-0.2, 0) is 6.18 Å². The fourth-order valence-corrected chi connectivity index (χ4v) is 1.79. The molecular weight excluding hydrogens is 271 g/mol. The van der Waals surface area contributed by atoms with Gasteiger partial charge in [-0.2, -0.15) is 13.2 Å². The van der Waals surface area contributed by atoms with Gasteiger partial charge in [0.05, 0.1) is 16.8 Å². The highest BCUT2D eigenvalue weighted by atomic mass is 19.4. The van der Waals surface area contributed by atoms with Crippen LogP contribution < -0.4 is 4.90 Å². The van der Waals surface area contributed by atoms with Crippen molar-refractivity contribution in [2.75, 3.05) is 18.5 Å². The number of carboxylic acids is 1. The van der Waals surface area contributed by atoms with Crippen molar-refractivity contribution in [3.8, 4) is 0 Å². The Bertz CT molecular complexity index is 484. The number of benzene rings is 1. The Kier molecular flexibility index (Phi) is 5.03. The lowest BCUT2D eigenvalue weighted by molar-refractivity contribution is -0.137. The summed E-state index contributed by atoms with van der Waals surface area (Å²) in [7, 11) is 1.68. The lowest BCUT2D eigenvalue weighted by Crippen LogP contribution is -2.23. The van der Waals surface area contributed by atoms with Crippen molar-refractivity contribution in [2.45, 2.75) is 26.4 Å². The molecule has 0 saturated carbocycles. The number of carboxylic acid groups (broad SMARTS) is 1. The van der Waals surface area contributed by atoms with Crippen molar-refractivity contribution in [1.29, 1.82) is 0 Å². The smallest absolute Gasteiger partial charge is 0.416 e. The highest BCUT2D eigenvalue weighted by Gasteiger charge is 2.32. The molecule has 0 aliphatic rings. The van der Waals surface area contributed by atoms with E-state index in [0.29, 0.717) is 24.2 Å². The minimum absolute atomic E-state index is 0.297. The van der Waals surface area contributed by atoms with Crippen LogP contribution in [0, 0.1) is 5.92 Å².